The second-order valence-electron chi connectivity index (χ2n) is 2.54. The molecule has 4 heteroatoms. The Balaban J connectivity index is 2.09. The van der Waals surface area contributed by atoms with E-state index in [4.69, 9.17) is 4.74 Å². The number of hydrogen-bond donors (Lipinski definition) is 0. The average Bonchev–Trinajstić information content (AvgIpc) is 2.03. The fourth-order valence-electron chi connectivity index (χ4n) is 1.10. The van der Waals surface area contributed by atoms with E-state index in [9.17, 15) is 9.18 Å². The number of rotatable bonds is 2. The average molecular weight is 162 g/mol. The number of hydrogen-bond acceptors (Lipinski definition) is 3. The number of carbonyl (C=O) groups excluding carboxylic acids is 1. The zero-order chi connectivity index (χ0) is 8.10. The first-order valence-electron chi connectivity index (χ1n) is 3.73. The molecule has 0 saturated carbocycles. The van der Waals surface area contributed by atoms with Gasteiger partial charge < -0.3 is 9.47 Å². The van der Waals surface area contributed by atoms with Crippen LogP contribution in [0.3, 0.4) is 0 Å². The van der Waals surface area contributed by atoms with E-state index in [1.165, 1.54) is 0 Å². The Kier molecular flexibility index (Phi) is 3.29. The van der Waals surface area contributed by atoms with Crippen molar-refractivity contribution in [3.63, 3.8) is 0 Å². The van der Waals surface area contributed by atoms with Gasteiger partial charge in [-0.25, -0.2) is 4.79 Å². The molecular formula is C7H11FO3. The van der Waals surface area contributed by atoms with E-state index in [1.54, 1.807) is 0 Å². The quantitative estimate of drug-likeness (QED) is 0.579. The summed E-state index contributed by atoms with van der Waals surface area (Å²) in [6, 6.07) is 0. The Morgan fingerprint density at radius 2 is 2.45 bits per heavy atom. The van der Waals surface area contributed by atoms with Gasteiger partial charge in [0.25, 0.3) is 0 Å². The summed E-state index contributed by atoms with van der Waals surface area (Å²) >= 11 is 0. The molecule has 1 unspecified atom stereocenters. The van der Waals surface area contributed by atoms with E-state index >= 15 is 0 Å². The van der Waals surface area contributed by atoms with Crippen LogP contribution in [0.2, 0.25) is 0 Å². The minimum absolute atomic E-state index is 0.0509. The van der Waals surface area contributed by atoms with Gasteiger partial charge in [-0.3, -0.25) is 0 Å². The van der Waals surface area contributed by atoms with E-state index < -0.39 is 6.22 Å². The molecule has 1 aliphatic rings. The topological polar surface area (TPSA) is 35.5 Å². The first kappa shape index (κ1) is 8.46. The molecule has 1 atom stereocenters. The van der Waals surface area contributed by atoms with Crippen LogP contribution in [0.1, 0.15) is 19.3 Å². The molecular weight excluding hydrogens is 151 g/mol. The minimum atomic E-state index is -1.72. The first-order valence-corrected chi connectivity index (χ1v) is 3.73. The van der Waals surface area contributed by atoms with Gasteiger partial charge in [0.2, 0.25) is 0 Å². The highest BCUT2D eigenvalue weighted by atomic mass is 19.1. The minimum Gasteiger partial charge on any atom is -0.438 e. The van der Waals surface area contributed by atoms with E-state index in [0.717, 1.165) is 19.3 Å². The summed E-state index contributed by atoms with van der Waals surface area (Å²) in [5, 5.41) is 0. The van der Waals surface area contributed by atoms with Gasteiger partial charge in [-0.15, -0.1) is 4.39 Å². The van der Waals surface area contributed by atoms with E-state index in [0.29, 0.717) is 6.61 Å². The van der Waals surface area contributed by atoms with Crippen molar-refractivity contribution in [3.05, 3.63) is 0 Å². The molecule has 1 saturated heterocycles. The largest absolute Gasteiger partial charge is 0.495 e. The summed E-state index contributed by atoms with van der Waals surface area (Å²) in [5.74, 6) is 0. The molecule has 0 spiro atoms. The Morgan fingerprint density at radius 3 is 3.00 bits per heavy atom. The number of carbonyl (C=O) groups is 1. The summed E-state index contributed by atoms with van der Waals surface area (Å²) in [5.41, 5.74) is 0. The molecule has 1 heterocycles. The molecule has 1 aliphatic heterocycles. The van der Waals surface area contributed by atoms with Gasteiger partial charge in [-0.05, 0) is 19.3 Å². The van der Waals surface area contributed by atoms with Crippen LogP contribution in [0.5, 0.6) is 0 Å². The van der Waals surface area contributed by atoms with Crippen molar-refractivity contribution >= 4 is 6.22 Å². The molecule has 1 rings (SSSR count). The lowest BCUT2D eigenvalue weighted by Crippen LogP contribution is -2.24. The number of halogens is 1. The standard InChI is InChI=1S/C7H11FO3/c8-7(9)11-5-6-3-1-2-4-10-6/h6H,1-5H2. The van der Waals surface area contributed by atoms with Crippen molar-refractivity contribution in [2.75, 3.05) is 13.2 Å². The Hall–Kier alpha value is -0.640. The third-order valence-electron chi connectivity index (χ3n) is 1.66. The van der Waals surface area contributed by atoms with Crippen LogP contribution in [0.15, 0.2) is 0 Å². The summed E-state index contributed by atoms with van der Waals surface area (Å²) in [4.78, 5) is 9.74. The maximum Gasteiger partial charge on any atom is 0.495 e. The highest BCUT2D eigenvalue weighted by molar-refractivity contribution is 5.57. The molecule has 0 bridgehead atoms. The fraction of sp³-hybridized carbons (Fsp3) is 0.857. The first-order chi connectivity index (χ1) is 5.29. The molecule has 1 fully saturated rings. The van der Waals surface area contributed by atoms with Crippen LogP contribution < -0.4 is 0 Å². The molecule has 64 valence electrons. The van der Waals surface area contributed by atoms with Gasteiger partial charge in [-0.2, -0.15) is 0 Å². The van der Waals surface area contributed by atoms with Crippen molar-refractivity contribution in [3.8, 4) is 0 Å². The normalized spacial score (nSPS) is 24.6. The monoisotopic (exact) mass is 162 g/mol. The van der Waals surface area contributed by atoms with Crippen LogP contribution >= 0.6 is 0 Å². The van der Waals surface area contributed by atoms with E-state index in [2.05, 4.69) is 4.74 Å². The van der Waals surface area contributed by atoms with Crippen LogP contribution in [0.25, 0.3) is 0 Å². The lowest BCUT2D eigenvalue weighted by molar-refractivity contribution is -0.0262. The molecule has 0 amide bonds. The Bertz CT molecular complexity index is 132. The van der Waals surface area contributed by atoms with Gasteiger partial charge >= 0.3 is 6.22 Å². The van der Waals surface area contributed by atoms with Gasteiger partial charge in [0, 0.05) is 6.61 Å². The number of ether oxygens (including phenoxy) is 2. The molecule has 0 aliphatic carbocycles. The van der Waals surface area contributed by atoms with Crippen molar-refractivity contribution in [2.45, 2.75) is 25.4 Å². The molecule has 0 N–H and O–H groups in total. The van der Waals surface area contributed by atoms with Crippen molar-refractivity contribution in [1.82, 2.24) is 0 Å². The molecule has 0 aromatic rings. The summed E-state index contributed by atoms with van der Waals surface area (Å²) in [7, 11) is 0. The Labute approximate surface area is 64.5 Å². The van der Waals surface area contributed by atoms with E-state index in [1.807, 2.05) is 0 Å². The molecule has 11 heavy (non-hydrogen) atoms. The van der Waals surface area contributed by atoms with Crippen LogP contribution in [0.4, 0.5) is 9.18 Å². The highest BCUT2D eigenvalue weighted by Crippen LogP contribution is 2.12. The Morgan fingerprint density at radius 1 is 1.64 bits per heavy atom. The predicted octanol–water partition coefficient (Wildman–Crippen LogP) is 1.66. The lowest BCUT2D eigenvalue weighted by Gasteiger charge is -2.21. The lowest BCUT2D eigenvalue weighted by atomic mass is 10.1. The third-order valence-corrected chi connectivity index (χ3v) is 1.66. The van der Waals surface area contributed by atoms with Crippen LogP contribution in [0, 0.1) is 0 Å². The molecule has 0 aromatic carbocycles. The molecule has 0 radical (unpaired) electrons. The second-order valence-corrected chi connectivity index (χ2v) is 2.54. The maximum atomic E-state index is 11.5. The zero-order valence-electron chi connectivity index (χ0n) is 6.22. The van der Waals surface area contributed by atoms with Crippen LogP contribution in [-0.2, 0) is 9.47 Å². The predicted molar refractivity (Wildman–Crippen MR) is 36.0 cm³/mol. The van der Waals surface area contributed by atoms with E-state index in [-0.39, 0.29) is 12.7 Å². The summed E-state index contributed by atoms with van der Waals surface area (Å²) < 4.78 is 20.9. The van der Waals surface area contributed by atoms with Gasteiger partial charge in [0.05, 0.1) is 6.10 Å². The van der Waals surface area contributed by atoms with Crippen LogP contribution in [-0.4, -0.2) is 25.5 Å². The second kappa shape index (κ2) is 4.28. The van der Waals surface area contributed by atoms with Crippen molar-refractivity contribution in [2.24, 2.45) is 0 Å². The highest BCUT2D eigenvalue weighted by Gasteiger charge is 2.15. The van der Waals surface area contributed by atoms with Crippen molar-refractivity contribution < 1.29 is 18.7 Å². The summed E-state index contributed by atoms with van der Waals surface area (Å²) in [6.07, 6.45) is 1.14. The maximum absolute atomic E-state index is 11.5. The fourth-order valence-corrected chi connectivity index (χ4v) is 1.10. The van der Waals surface area contributed by atoms with Crippen molar-refractivity contribution in [1.29, 1.82) is 0 Å². The van der Waals surface area contributed by atoms with Gasteiger partial charge in [0.15, 0.2) is 0 Å². The van der Waals surface area contributed by atoms with Gasteiger partial charge in [-0.1, -0.05) is 0 Å². The molecule has 3 nitrogen and oxygen atoms in total. The zero-order valence-corrected chi connectivity index (χ0v) is 6.22. The van der Waals surface area contributed by atoms with Gasteiger partial charge in [0.1, 0.15) is 6.61 Å². The third kappa shape index (κ3) is 3.32. The smallest absolute Gasteiger partial charge is 0.438 e. The SMILES string of the molecule is O=C(F)OCC1CCCCO1. The molecule has 0 aromatic heterocycles. The summed E-state index contributed by atoms with van der Waals surface area (Å²) in [6.45, 7) is 0.740.